The molecular weight excluding hydrogens is 371 g/mol. The van der Waals surface area contributed by atoms with Crippen LogP contribution < -0.4 is 25.6 Å². The standard InChI is InChI=1S/C21H23FN6O/c1-29-18-4-2-3-16(13-18)26-20-19(23)21(25-14-24-20)28-11-9-27(10-12-28)17-7-5-15(22)6-8-17/h2-8,13-14H,9-12,23H2,1H3,(H,24,25,26). The number of nitrogens with one attached hydrogen (secondary N) is 1. The Kier molecular flexibility index (Phi) is 5.33. The molecule has 1 aliphatic rings. The maximum atomic E-state index is 13.2. The Morgan fingerprint density at radius 1 is 1.00 bits per heavy atom. The molecule has 0 spiro atoms. The van der Waals surface area contributed by atoms with Gasteiger partial charge in [-0.2, -0.15) is 0 Å². The highest BCUT2D eigenvalue weighted by Gasteiger charge is 2.21. The average molecular weight is 394 g/mol. The van der Waals surface area contributed by atoms with Gasteiger partial charge in [0.25, 0.3) is 0 Å². The Bertz CT molecular complexity index is 973. The molecule has 0 amide bonds. The van der Waals surface area contributed by atoms with Crippen molar-refractivity contribution in [2.24, 2.45) is 0 Å². The number of nitrogens with two attached hydrogens (primary N) is 1. The molecule has 0 unspecified atom stereocenters. The third-order valence-corrected chi connectivity index (χ3v) is 4.97. The zero-order valence-electron chi connectivity index (χ0n) is 16.2. The molecule has 7 nitrogen and oxygen atoms in total. The molecule has 29 heavy (non-hydrogen) atoms. The molecule has 150 valence electrons. The van der Waals surface area contributed by atoms with Gasteiger partial charge in [-0.25, -0.2) is 14.4 Å². The fourth-order valence-electron chi connectivity index (χ4n) is 3.40. The number of benzene rings is 2. The van der Waals surface area contributed by atoms with Crippen molar-refractivity contribution >= 4 is 28.7 Å². The quantitative estimate of drug-likeness (QED) is 0.687. The number of aromatic nitrogens is 2. The Labute approximate surface area is 168 Å². The minimum absolute atomic E-state index is 0.225. The van der Waals surface area contributed by atoms with Crippen LogP contribution in [0.5, 0.6) is 5.75 Å². The lowest BCUT2D eigenvalue weighted by Gasteiger charge is -2.37. The zero-order chi connectivity index (χ0) is 20.2. The molecule has 0 radical (unpaired) electrons. The minimum Gasteiger partial charge on any atom is -0.497 e. The van der Waals surface area contributed by atoms with E-state index in [0.29, 0.717) is 17.3 Å². The van der Waals surface area contributed by atoms with Crippen molar-refractivity contribution in [3.63, 3.8) is 0 Å². The van der Waals surface area contributed by atoms with Gasteiger partial charge in [-0.1, -0.05) is 6.07 Å². The number of piperazine rings is 1. The van der Waals surface area contributed by atoms with Gasteiger partial charge in [0, 0.05) is 43.6 Å². The molecule has 1 aliphatic heterocycles. The highest BCUT2D eigenvalue weighted by molar-refractivity contribution is 5.78. The number of hydrogen-bond acceptors (Lipinski definition) is 7. The van der Waals surface area contributed by atoms with E-state index in [-0.39, 0.29) is 5.82 Å². The van der Waals surface area contributed by atoms with Gasteiger partial charge in [-0.15, -0.1) is 0 Å². The second kappa shape index (κ2) is 8.22. The van der Waals surface area contributed by atoms with Crippen LogP contribution in [0.3, 0.4) is 0 Å². The smallest absolute Gasteiger partial charge is 0.159 e. The van der Waals surface area contributed by atoms with Crippen LogP contribution in [0.25, 0.3) is 0 Å². The molecule has 1 fully saturated rings. The molecule has 3 N–H and O–H groups in total. The third-order valence-electron chi connectivity index (χ3n) is 4.97. The number of nitrogen functional groups attached to an aromatic ring is 1. The first kappa shape index (κ1) is 18.8. The molecule has 2 heterocycles. The fourth-order valence-corrected chi connectivity index (χ4v) is 3.40. The van der Waals surface area contributed by atoms with Crippen molar-refractivity contribution < 1.29 is 9.13 Å². The minimum atomic E-state index is -0.225. The number of methoxy groups -OCH3 is 1. The first-order valence-corrected chi connectivity index (χ1v) is 9.41. The van der Waals surface area contributed by atoms with Crippen molar-refractivity contribution in [1.29, 1.82) is 0 Å². The van der Waals surface area contributed by atoms with Crippen molar-refractivity contribution in [2.75, 3.05) is 54.1 Å². The number of halogens is 1. The van der Waals surface area contributed by atoms with E-state index in [0.717, 1.165) is 43.3 Å². The van der Waals surface area contributed by atoms with Gasteiger partial charge in [0.05, 0.1) is 7.11 Å². The predicted octanol–water partition coefficient (Wildman–Crippen LogP) is 3.28. The highest BCUT2D eigenvalue weighted by atomic mass is 19.1. The molecule has 0 bridgehead atoms. The van der Waals surface area contributed by atoms with Gasteiger partial charge in [0.2, 0.25) is 0 Å². The Morgan fingerprint density at radius 3 is 2.45 bits per heavy atom. The van der Waals surface area contributed by atoms with Gasteiger partial charge < -0.3 is 25.6 Å². The summed E-state index contributed by atoms with van der Waals surface area (Å²) < 4.78 is 18.4. The van der Waals surface area contributed by atoms with E-state index in [4.69, 9.17) is 10.5 Å². The second-order valence-electron chi connectivity index (χ2n) is 6.77. The number of ether oxygens (including phenoxy) is 1. The van der Waals surface area contributed by atoms with Crippen molar-refractivity contribution in [3.8, 4) is 5.75 Å². The van der Waals surface area contributed by atoms with Gasteiger partial charge in [0.1, 0.15) is 23.6 Å². The van der Waals surface area contributed by atoms with E-state index in [2.05, 4.69) is 25.1 Å². The lowest BCUT2D eigenvalue weighted by molar-refractivity contribution is 0.415. The fraction of sp³-hybridized carbons (Fsp3) is 0.238. The van der Waals surface area contributed by atoms with Crippen LogP contribution in [0.15, 0.2) is 54.9 Å². The maximum Gasteiger partial charge on any atom is 0.159 e. The molecule has 0 atom stereocenters. The first-order chi connectivity index (χ1) is 14.1. The summed E-state index contributed by atoms with van der Waals surface area (Å²) in [5.74, 6) is 1.80. The molecule has 0 aliphatic carbocycles. The molecule has 4 rings (SSSR count). The number of hydrogen-bond donors (Lipinski definition) is 2. The van der Waals surface area contributed by atoms with Crippen LogP contribution in [0.4, 0.5) is 33.1 Å². The molecule has 1 aromatic heterocycles. The Hall–Kier alpha value is -3.55. The highest BCUT2D eigenvalue weighted by Crippen LogP contribution is 2.30. The number of anilines is 5. The van der Waals surface area contributed by atoms with Gasteiger partial charge in [-0.05, 0) is 36.4 Å². The first-order valence-electron chi connectivity index (χ1n) is 9.41. The van der Waals surface area contributed by atoms with E-state index >= 15 is 0 Å². The lowest BCUT2D eigenvalue weighted by atomic mass is 10.2. The van der Waals surface area contributed by atoms with Crippen LogP contribution in [-0.2, 0) is 0 Å². The van der Waals surface area contributed by atoms with Gasteiger partial charge >= 0.3 is 0 Å². The van der Waals surface area contributed by atoms with E-state index in [1.807, 2.05) is 24.3 Å². The topological polar surface area (TPSA) is 79.5 Å². The van der Waals surface area contributed by atoms with E-state index in [9.17, 15) is 4.39 Å². The Balaban J connectivity index is 1.47. The monoisotopic (exact) mass is 394 g/mol. The summed E-state index contributed by atoms with van der Waals surface area (Å²) in [6.45, 7) is 3.12. The van der Waals surface area contributed by atoms with E-state index in [1.54, 1.807) is 19.2 Å². The van der Waals surface area contributed by atoms with E-state index in [1.165, 1.54) is 18.5 Å². The molecule has 2 aromatic carbocycles. The largest absolute Gasteiger partial charge is 0.497 e. The molecule has 3 aromatic rings. The predicted molar refractivity (Wildman–Crippen MR) is 114 cm³/mol. The second-order valence-corrected chi connectivity index (χ2v) is 6.77. The summed E-state index contributed by atoms with van der Waals surface area (Å²) in [6.07, 6.45) is 1.51. The number of nitrogens with zero attached hydrogens (tertiary/aromatic N) is 4. The summed E-state index contributed by atoms with van der Waals surface area (Å²) in [7, 11) is 1.63. The lowest BCUT2D eigenvalue weighted by Crippen LogP contribution is -2.47. The number of rotatable bonds is 5. The van der Waals surface area contributed by atoms with Crippen molar-refractivity contribution in [2.45, 2.75) is 0 Å². The summed E-state index contributed by atoms with van der Waals surface area (Å²) in [5, 5.41) is 3.24. The van der Waals surface area contributed by atoms with Crippen LogP contribution in [0.2, 0.25) is 0 Å². The summed E-state index contributed by atoms with van der Waals surface area (Å²) in [4.78, 5) is 13.1. The normalized spacial score (nSPS) is 14.0. The summed E-state index contributed by atoms with van der Waals surface area (Å²) in [6, 6.07) is 14.2. The molecule has 1 saturated heterocycles. The van der Waals surface area contributed by atoms with E-state index < -0.39 is 0 Å². The van der Waals surface area contributed by atoms with Crippen molar-refractivity contribution in [1.82, 2.24) is 9.97 Å². The van der Waals surface area contributed by atoms with Gasteiger partial charge in [-0.3, -0.25) is 0 Å². The maximum absolute atomic E-state index is 13.2. The molecular formula is C21H23FN6O. The van der Waals surface area contributed by atoms with Crippen LogP contribution in [0.1, 0.15) is 0 Å². The third kappa shape index (κ3) is 4.16. The molecule has 8 heteroatoms. The van der Waals surface area contributed by atoms with Gasteiger partial charge in [0.15, 0.2) is 11.6 Å². The SMILES string of the molecule is COc1cccc(Nc2ncnc(N3CCN(c4ccc(F)cc4)CC3)c2N)c1. The van der Waals surface area contributed by atoms with Crippen LogP contribution in [-0.4, -0.2) is 43.3 Å². The summed E-state index contributed by atoms with van der Waals surface area (Å²) >= 11 is 0. The van der Waals surface area contributed by atoms with Crippen LogP contribution >= 0.6 is 0 Å². The van der Waals surface area contributed by atoms with Crippen LogP contribution in [0, 0.1) is 5.82 Å². The average Bonchev–Trinajstić information content (AvgIpc) is 2.76. The zero-order valence-corrected chi connectivity index (χ0v) is 16.2. The Morgan fingerprint density at radius 2 is 1.72 bits per heavy atom. The summed E-state index contributed by atoms with van der Waals surface area (Å²) in [5.41, 5.74) is 8.74. The van der Waals surface area contributed by atoms with Crippen molar-refractivity contribution in [3.05, 3.63) is 60.7 Å². The molecule has 0 saturated carbocycles.